The van der Waals surface area contributed by atoms with Crippen LogP contribution in [0.3, 0.4) is 0 Å². The molecule has 0 aliphatic carbocycles. The van der Waals surface area contributed by atoms with Crippen molar-refractivity contribution in [3.63, 3.8) is 0 Å². The lowest BCUT2D eigenvalue weighted by Gasteiger charge is -2.14. The third-order valence-corrected chi connectivity index (χ3v) is 5.76. The van der Waals surface area contributed by atoms with E-state index in [9.17, 15) is 9.59 Å². The number of nitrogens with zero attached hydrogens (tertiary/aromatic N) is 4. The Morgan fingerprint density at radius 2 is 2.00 bits per heavy atom. The van der Waals surface area contributed by atoms with Gasteiger partial charge in [0.25, 0.3) is 5.56 Å². The molecule has 1 aromatic carbocycles. The maximum absolute atomic E-state index is 13.1. The first-order chi connectivity index (χ1) is 14.5. The number of fused-ring (bicyclic) bond motifs is 1. The minimum Gasteiger partial charge on any atom is -0.339 e. The minimum absolute atomic E-state index is 0.113. The number of carbonyl (C=O) groups excluding carboxylic acids is 1. The van der Waals surface area contributed by atoms with Crippen LogP contribution in [0.25, 0.3) is 11.2 Å². The standard InChI is InChI=1S/C20H23N7O2S/c1-12-3-5-14(6-4-12)10-27-19(29)17-18(22-8-7-21-17)24-20(27)30-11-16(28)23-15-9-13(2)25-26-15/h3-8,13,15,25-26H,9-11H2,1-2H3,(H,23,28). The first kappa shape index (κ1) is 20.5. The molecule has 4 rings (SSSR count). The summed E-state index contributed by atoms with van der Waals surface area (Å²) in [4.78, 5) is 38.3. The molecule has 0 spiro atoms. The van der Waals surface area contributed by atoms with Gasteiger partial charge in [-0.3, -0.25) is 19.6 Å². The number of amides is 1. The van der Waals surface area contributed by atoms with Gasteiger partial charge in [-0.05, 0) is 25.8 Å². The molecule has 9 nitrogen and oxygen atoms in total. The summed E-state index contributed by atoms with van der Waals surface area (Å²) in [6.45, 7) is 4.39. The van der Waals surface area contributed by atoms with E-state index in [0.717, 1.165) is 17.5 Å². The van der Waals surface area contributed by atoms with Gasteiger partial charge >= 0.3 is 0 Å². The third kappa shape index (κ3) is 4.66. The lowest BCUT2D eigenvalue weighted by Crippen LogP contribution is -2.45. The number of thioether (sulfide) groups is 1. The van der Waals surface area contributed by atoms with Gasteiger partial charge in [-0.25, -0.2) is 20.4 Å². The first-order valence-corrected chi connectivity index (χ1v) is 10.7. The summed E-state index contributed by atoms with van der Waals surface area (Å²) in [7, 11) is 0. The maximum atomic E-state index is 13.1. The van der Waals surface area contributed by atoms with E-state index in [1.165, 1.54) is 24.2 Å². The van der Waals surface area contributed by atoms with Gasteiger partial charge in [-0.1, -0.05) is 41.6 Å². The van der Waals surface area contributed by atoms with Crippen molar-refractivity contribution >= 4 is 28.8 Å². The van der Waals surface area contributed by atoms with Crippen LogP contribution in [0.15, 0.2) is 46.6 Å². The molecule has 3 heterocycles. The Balaban J connectivity index is 1.58. The van der Waals surface area contributed by atoms with Crippen LogP contribution < -0.4 is 21.7 Å². The zero-order valence-electron chi connectivity index (χ0n) is 16.8. The predicted octanol–water partition coefficient (Wildman–Crippen LogP) is 0.964. The number of rotatable bonds is 6. The summed E-state index contributed by atoms with van der Waals surface area (Å²) in [5.74, 6) is 0.00218. The van der Waals surface area contributed by atoms with Gasteiger partial charge in [0.15, 0.2) is 16.3 Å². The normalized spacial score (nSPS) is 18.6. The number of aryl methyl sites for hydroxylation is 1. The van der Waals surface area contributed by atoms with Crippen molar-refractivity contribution in [1.29, 1.82) is 0 Å². The van der Waals surface area contributed by atoms with E-state index in [0.29, 0.717) is 17.7 Å². The second kappa shape index (κ2) is 8.90. The second-order valence-corrected chi connectivity index (χ2v) is 8.28. The SMILES string of the molecule is Cc1ccc(Cn2c(SCC(=O)NC3CC(C)NN3)nc3nccnc3c2=O)cc1. The summed E-state index contributed by atoms with van der Waals surface area (Å²) in [5, 5.41) is 3.37. The minimum atomic E-state index is -0.271. The van der Waals surface area contributed by atoms with E-state index in [4.69, 9.17) is 0 Å². The molecule has 30 heavy (non-hydrogen) atoms. The summed E-state index contributed by atoms with van der Waals surface area (Å²) in [5.41, 5.74) is 8.44. The molecular formula is C20H23N7O2S. The molecule has 2 aromatic heterocycles. The van der Waals surface area contributed by atoms with Crippen molar-refractivity contribution in [3.05, 3.63) is 58.1 Å². The molecule has 1 amide bonds. The van der Waals surface area contributed by atoms with Crippen LogP contribution in [0, 0.1) is 6.92 Å². The number of hydrogen-bond donors (Lipinski definition) is 3. The van der Waals surface area contributed by atoms with Gasteiger partial charge in [-0.15, -0.1) is 0 Å². The summed E-state index contributed by atoms with van der Waals surface area (Å²) >= 11 is 1.21. The fraction of sp³-hybridized carbons (Fsp3) is 0.350. The number of carbonyl (C=O) groups is 1. The van der Waals surface area contributed by atoms with Crippen molar-refractivity contribution in [2.24, 2.45) is 0 Å². The van der Waals surface area contributed by atoms with Gasteiger partial charge in [-0.2, -0.15) is 0 Å². The summed E-state index contributed by atoms with van der Waals surface area (Å²) in [6, 6.07) is 8.24. The van der Waals surface area contributed by atoms with Gasteiger partial charge in [0.05, 0.1) is 18.5 Å². The number of aromatic nitrogens is 4. The molecule has 2 atom stereocenters. The van der Waals surface area contributed by atoms with Crippen LogP contribution in [0.2, 0.25) is 0 Å². The Hall–Kier alpha value is -2.82. The molecule has 0 radical (unpaired) electrons. The van der Waals surface area contributed by atoms with Gasteiger partial charge < -0.3 is 5.32 Å². The maximum Gasteiger partial charge on any atom is 0.282 e. The molecule has 1 aliphatic rings. The van der Waals surface area contributed by atoms with Crippen LogP contribution in [0.1, 0.15) is 24.5 Å². The van der Waals surface area contributed by atoms with E-state index in [2.05, 4.69) is 31.1 Å². The van der Waals surface area contributed by atoms with Crippen molar-refractivity contribution in [2.45, 2.75) is 44.2 Å². The molecule has 3 N–H and O–H groups in total. The van der Waals surface area contributed by atoms with Crippen molar-refractivity contribution in [3.8, 4) is 0 Å². The van der Waals surface area contributed by atoms with E-state index in [1.54, 1.807) is 4.57 Å². The first-order valence-electron chi connectivity index (χ1n) is 9.70. The number of hydrogen-bond acceptors (Lipinski definition) is 8. The Labute approximate surface area is 177 Å². The topological polar surface area (TPSA) is 114 Å². The van der Waals surface area contributed by atoms with Crippen molar-refractivity contribution in [2.75, 3.05) is 5.75 Å². The Bertz CT molecular complexity index is 1120. The largest absolute Gasteiger partial charge is 0.339 e. The van der Waals surface area contributed by atoms with Crippen LogP contribution in [-0.4, -0.2) is 43.4 Å². The van der Waals surface area contributed by atoms with Crippen molar-refractivity contribution < 1.29 is 4.79 Å². The quantitative estimate of drug-likeness (QED) is 0.395. The Morgan fingerprint density at radius 3 is 2.73 bits per heavy atom. The van der Waals surface area contributed by atoms with E-state index >= 15 is 0 Å². The lowest BCUT2D eigenvalue weighted by molar-refractivity contribution is -0.119. The Kier molecular flexibility index (Phi) is 6.07. The van der Waals surface area contributed by atoms with Crippen molar-refractivity contribution in [1.82, 2.24) is 35.7 Å². The third-order valence-electron chi connectivity index (χ3n) is 4.78. The highest BCUT2D eigenvalue weighted by atomic mass is 32.2. The highest BCUT2D eigenvalue weighted by molar-refractivity contribution is 7.99. The zero-order valence-corrected chi connectivity index (χ0v) is 17.6. The molecule has 0 bridgehead atoms. The fourth-order valence-corrected chi connectivity index (χ4v) is 4.03. The monoisotopic (exact) mass is 425 g/mol. The zero-order chi connectivity index (χ0) is 21.1. The number of hydrazine groups is 1. The highest BCUT2D eigenvalue weighted by Gasteiger charge is 2.22. The van der Waals surface area contributed by atoms with Crippen LogP contribution in [0.4, 0.5) is 0 Å². The molecule has 10 heteroatoms. The van der Waals surface area contributed by atoms with E-state index in [1.807, 2.05) is 38.1 Å². The average Bonchev–Trinajstić information content (AvgIpc) is 3.15. The summed E-state index contributed by atoms with van der Waals surface area (Å²) < 4.78 is 1.55. The molecule has 1 aliphatic heterocycles. The second-order valence-electron chi connectivity index (χ2n) is 7.33. The van der Waals surface area contributed by atoms with Gasteiger partial charge in [0.2, 0.25) is 5.91 Å². The predicted molar refractivity (Wildman–Crippen MR) is 115 cm³/mol. The Morgan fingerprint density at radius 1 is 1.23 bits per heavy atom. The van der Waals surface area contributed by atoms with Crippen LogP contribution >= 0.6 is 11.8 Å². The fourth-order valence-electron chi connectivity index (χ4n) is 3.23. The molecule has 2 unspecified atom stereocenters. The van der Waals surface area contributed by atoms with Crippen LogP contribution in [0.5, 0.6) is 0 Å². The molecule has 3 aromatic rings. The van der Waals surface area contributed by atoms with Crippen LogP contribution in [-0.2, 0) is 11.3 Å². The number of benzene rings is 1. The molecular weight excluding hydrogens is 402 g/mol. The van der Waals surface area contributed by atoms with E-state index in [-0.39, 0.29) is 34.5 Å². The molecule has 0 saturated carbocycles. The van der Waals surface area contributed by atoms with Gasteiger partial charge in [0, 0.05) is 18.4 Å². The lowest BCUT2D eigenvalue weighted by atomic mass is 10.1. The number of nitrogens with one attached hydrogen (secondary N) is 3. The highest BCUT2D eigenvalue weighted by Crippen LogP contribution is 2.18. The molecule has 1 fully saturated rings. The average molecular weight is 426 g/mol. The molecule has 156 valence electrons. The smallest absolute Gasteiger partial charge is 0.282 e. The molecule has 1 saturated heterocycles. The van der Waals surface area contributed by atoms with Gasteiger partial charge in [0.1, 0.15) is 0 Å². The van der Waals surface area contributed by atoms with E-state index < -0.39 is 0 Å². The summed E-state index contributed by atoms with van der Waals surface area (Å²) in [6.07, 6.45) is 3.67.